The first-order chi connectivity index (χ1) is 15.0. The highest BCUT2D eigenvalue weighted by atomic mass is 32.2. The lowest BCUT2D eigenvalue weighted by molar-refractivity contribution is 0.319. The number of aliphatic hydroxyl groups excluding tert-OH is 1. The van der Waals surface area contributed by atoms with Crippen LogP contribution in [-0.4, -0.2) is 49.2 Å². The first kappa shape index (κ1) is 23.9. The van der Waals surface area contributed by atoms with Crippen molar-refractivity contribution in [3.05, 3.63) is 42.5 Å². The summed E-state index contributed by atoms with van der Waals surface area (Å²) in [7, 11) is -8.52. The number of nitrogens with zero attached hydrogens (tertiary/aromatic N) is 2. The van der Waals surface area contributed by atoms with Crippen LogP contribution in [0.5, 0.6) is 5.75 Å². The van der Waals surface area contributed by atoms with Crippen LogP contribution in [0.3, 0.4) is 0 Å². The maximum atomic E-state index is 12.0. The molecule has 3 aromatic carbocycles. The third-order valence-electron chi connectivity index (χ3n) is 4.43. The minimum atomic E-state index is -4.85. The summed E-state index contributed by atoms with van der Waals surface area (Å²) in [5, 5.41) is 36.4. The van der Waals surface area contributed by atoms with Gasteiger partial charge in [-0.25, -0.2) is 8.42 Å². The molecule has 170 valence electrons. The number of nitrogens with one attached hydrogen (secondary N) is 1. The van der Waals surface area contributed by atoms with Crippen LogP contribution < -0.4 is 5.48 Å². The van der Waals surface area contributed by atoms with E-state index >= 15 is 0 Å². The van der Waals surface area contributed by atoms with Gasteiger partial charge in [0.1, 0.15) is 10.6 Å². The molecule has 0 fully saturated rings. The highest BCUT2D eigenvalue weighted by molar-refractivity contribution is 7.91. The molecule has 0 spiro atoms. The summed E-state index contributed by atoms with van der Waals surface area (Å²) in [4.78, 5) is -0.695. The van der Waals surface area contributed by atoms with Gasteiger partial charge in [-0.05, 0) is 42.5 Å². The highest BCUT2D eigenvalue weighted by Crippen LogP contribution is 2.44. The number of hydrogen-bond donors (Lipinski definition) is 6. The monoisotopic (exact) mass is 499 g/mol. The molecule has 0 radical (unpaired) electrons. The lowest BCUT2D eigenvalue weighted by Crippen LogP contribution is -2.09. The second-order valence-corrected chi connectivity index (χ2v) is 10.4. The Morgan fingerprint density at radius 1 is 0.969 bits per heavy atom. The van der Waals surface area contributed by atoms with Crippen molar-refractivity contribution in [1.29, 1.82) is 0 Å². The molecule has 0 aliphatic heterocycles. The van der Waals surface area contributed by atoms with Crippen LogP contribution in [0, 0.1) is 0 Å². The molecule has 0 atom stereocenters. The lowest BCUT2D eigenvalue weighted by atomic mass is 10.1. The molecule has 0 saturated heterocycles. The minimum Gasteiger partial charge on any atom is -0.505 e. The minimum absolute atomic E-state index is 0.0488. The second kappa shape index (κ2) is 9.01. The number of aliphatic hydroxyl groups is 1. The fourth-order valence-electron chi connectivity index (χ4n) is 2.85. The van der Waals surface area contributed by atoms with E-state index in [1.165, 1.54) is 36.4 Å². The molecule has 5 N–H and O–H groups in total. The van der Waals surface area contributed by atoms with Gasteiger partial charge in [-0.2, -0.15) is 13.5 Å². The van der Waals surface area contributed by atoms with E-state index in [0.29, 0.717) is 0 Å². The van der Waals surface area contributed by atoms with Gasteiger partial charge in [0.25, 0.3) is 10.1 Å². The summed E-state index contributed by atoms with van der Waals surface area (Å²) in [6, 6.07) is 8.83. The molecular formula is C18H17N3O8S3. The largest absolute Gasteiger partial charge is 0.505 e. The van der Waals surface area contributed by atoms with Gasteiger partial charge >= 0.3 is 0 Å². The molecule has 0 bridgehead atoms. The molecule has 0 heterocycles. The van der Waals surface area contributed by atoms with Gasteiger partial charge in [0, 0.05) is 15.7 Å². The van der Waals surface area contributed by atoms with Crippen LogP contribution in [0.25, 0.3) is 10.8 Å². The Morgan fingerprint density at radius 2 is 1.62 bits per heavy atom. The predicted octanol–water partition coefficient (Wildman–Crippen LogP) is 3.06. The Hall–Kier alpha value is -2.75. The summed E-state index contributed by atoms with van der Waals surface area (Å²) < 4.78 is 57.3. The summed E-state index contributed by atoms with van der Waals surface area (Å²) >= 11 is 4.20. The van der Waals surface area contributed by atoms with E-state index in [9.17, 15) is 26.5 Å². The van der Waals surface area contributed by atoms with Gasteiger partial charge in [-0.3, -0.25) is 15.2 Å². The molecule has 0 amide bonds. The quantitative estimate of drug-likeness (QED) is 0.123. The lowest BCUT2D eigenvalue weighted by Gasteiger charge is -2.12. The van der Waals surface area contributed by atoms with Gasteiger partial charge in [-0.15, -0.1) is 17.7 Å². The average Bonchev–Trinajstić information content (AvgIpc) is 2.73. The van der Waals surface area contributed by atoms with Crippen molar-refractivity contribution in [2.24, 2.45) is 10.2 Å². The summed E-state index contributed by atoms with van der Waals surface area (Å²) in [5.74, 6) is -1.06. The maximum Gasteiger partial charge on any atom is 0.296 e. The molecule has 11 nitrogen and oxygen atoms in total. The SMILES string of the molecule is O=S(=O)(O)c1cc2c(S)c(NO)ccc2c(O)c1/N=N/c1ccc(S(=O)(=O)CCO)cc1. The summed E-state index contributed by atoms with van der Waals surface area (Å²) in [5.41, 5.74) is 1.59. The van der Waals surface area contributed by atoms with Crippen LogP contribution in [-0.2, 0) is 20.0 Å². The van der Waals surface area contributed by atoms with Crippen LogP contribution in [0.4, 0.5) is 17.1 Å². The number of azo groups is 1. The van der Waals surface area contributed by atoms with E-state index in [1.54, 1.807) is 0 Å². The van der Waals surface area contributed by atoms with E-state index in [-0.39, 0.29) is 31.9 Å². The Labute approximate surface area is 188 Å². The Kier molecular flexibility index (Phi) is 6.73. The van der Waals surface area contributed by atoms with Crippen molar-refractivity contribution in [2.75, 3.05) is 17.8 Å². The average molecular weight is 500 g/mol. The molecule has 14 heteroatoms. The van der Waals surface area contributed by atoms with Crippen molar-refractivity contribution in [3.8, 4) is 5.75 Å². The molecule has 32 heavy (non-hydrogen) atoms. The van der Waals surface area contributed by atoms with Gasteiger partial charge < -0.3 is 10.2 Å². The number of thiol groups is 1. The molecule has 0 unspecified atom stereocenters. The number of benzene rings is 3. The van der Waals surface area contributed by atoms with Crippen molar-refractivity contribution >= 4 is 60.4 Å². The van der Waals surface area contributed by atoms with Gasteiger partial charge in [0.2, 0.25) is 0 Å². The first-order valence-electron chi connectivity index (χ1n) is 8.74. The number of fused-ring (bicyclic) bond motifs is 1. The third kappa shape index (κ3) is 4.69. The van der Waals surface area contributed by atoms with Crippen LogP contribution in [0.15, 0.2) is 67.4 Å². The number of phenolic OH excluding ortho intramolecular Hbond substituents is 1. The molecule has 3 aromatic rings. The Bertz CT molecular complexity index is 1420. The number of anilines is 1. The summed E-state index contributed by atoms with van der Waals surface area (Å²) in [6.07, 6.45) is 0. The highest BCUT2D eigenvalue weighted by Gasteiger charge is 2.23. The van der Waals surface area contributed by atoms with E-state index < -0.39 is 48.6 Å². The van der Waals surface area contributed by atoms with Crippen molar-refractivity contribution in [1.82, 2.24) is 0 Å². The fourth-order valence-corrected chi connectivity index (χ4v) is 4.84. The first-order valence-corrected chi connectivity index (χ1v) is 12.3. The summed E-state index contributed by atoms with van der Waals surface area (Å²) in [6.45, 7) is -0.534. The third-order valence-corrected chi connectivity index (χ3v) is 7.48. The van der Waals surface area contributed by atoms with Crippen molar-refractivity contribution in [3.63, 3.8) is 0 Å². The standard InChI is InChI=1S/C18H17N3O8S3/c22-7-8-31(25,26)11-3-1-10(2-4-11)19-20-16-15(32(27,28)29)9-13-12(17(16)23)5-6-14(21-24)18(13)30/h1-6,9,21-24,30H,7-8H2,(H,27,28,29)/b20-19+. The van der Waals surface area contributed by atoms with Crippen LogP contribution in [0.2, 0.25) is 0 Å². The topological polar surface area (TPSA) is 186 Å². The molecule has 3 rings (SSSR count). The van der Waals surface area contributed by atoms with E-state index in [0.717, 1.165) is 6.07 Å². The zero-order valence-electron chi connectivity index (χ0n) is 16.0. The zero-order chi connectivity index (χ0) is 23.7. The molecule has 0 aromatic heterocycles. The Balaban J connectivity index is 2.12. The molecule has 0 aliphatic carbocycles. The number of aromatic hydroxyl groups is 1. The van der Waals surface area contributed by atoms with E-state index in [4.69, 9.17) is 10.3 Å². The number of hydrogen-bond acceptors (Lipinski definition) is 11. The number of phenols is 1. The molecule has 0 aliphatic rings. The number of sulfone groups is 1. The smallest absolute Gasteiger partial charge is 0.296 e. The normalized spacial score (nSPS) is 12.5. The molecular weight excluding hydrogens is 482 g/mol. The molecule has 0 saturated carbocycles. The fraction of sp³-hybridized carbons (Fsp3) is 0.111. The Morgan fingerprint density at radius 3 is 2.19 bits per heavy atom. The maximum absolute atomic E-state index is 12.0. The van der Waals surface area contributed by atoms with Crippen molar-refractivity contribution < 1.29 is 36.8 Å². The predicted molar refractivity (Wildman–Crippen MR) is 118 cm³/mol. The van der Waals surface area contributed by atoms with Crippen LogP contribution >= 0.6 is 12.6 Å². The second-order valence-electron chi connectivity index (χ2n) is 6.45. The zero-order valence-corrected chi connectivity index (χ0v) is 18.6. The van der Waals surface area contributed by atoms with Gasteiger partial charge in [0.05, 0.1) is 28.6 Å². The van der Waals surface area contributed by atoms with Gasteiger partial charge in [-0.1, -0.05) is 0 Å². The van der Waals surface area contributed by atoms with Gasteiger partial charge in [0.15, 0.2) is 15.6 Å². The van der Waals surface area contributed by atoms with E-state index in [2.05, 4.69) is 22.9 Å². The van der Waals surface area contributed by atoms with E-state index in [1.807, 2.05) is 5.48 Å². The van der Waals surface area contributed by atoms with Crippen molar-refractivity contribution in [2.45, 2.75) is 14.7 Å². The van der Waals surface area contributed by atoms with Crippen LogP contribution in [0.1, 0.15) is 0 Å². The number of rotatable bonds is 7.